The van der Waals surface area contributed by atoms with Gasteiger partial charge in [0.15, 0.2) is 0 Å². The second kappa shape index (κ2) is 5.72. The van der Waals surface area contributed by atoms with E-state index in [1.54, 1.807) is 6.07 Å². The minimum atomic E-state index is -0.389. The quantitative estimate of drug-likeness (QED) is 0.887. The van der Waals surface area contributed by atoms with Crippen molar-refractivity contribution in [2.45, 2.75) is 26.3 Å². The van der Waals surface area contributed by atoms with Crippen molar-refractivity contribution in [3.8, 4) is 0 Å². The summed E-state index contributed by atoms with van der Waals surface area (Å²) in [6.07, 6.45) is 0.597. The van der Waals surface area contributed by atoms with E-state index in [0.717, 1.165) is 5.56 Å². The van der Waals surface area contributed by atoms with Gasteiger partial charge in [0.1, 0.15) is 5.82 Å². The molecule has 0 radical (unpaired) electrons. The molecule has 2 N–H and O–H groups in total. The number of benzene rings is 2. The van der Waals surface area contributed by atoms with Gasteiger partial charge in [0.2, 0.25) is 0 Å². The van der Waals surface area contributed by atoms with Gasteiger partial charge in [0.25, 0.3) is 0 Å². The number of rotatable bonds is 3. The molecule has 0 saturated carbocycles. The maximum atomic E-state index is 13.7. The van der Waals surface area contributed by atoms with Gasteiger partial charge in [0.05, 0.1) is 0 Å². The summed E-state index contributed by atoms with van der Waals surface area (Å²) in [5.74, 6) is -0.304. The summed E-state index contributed by atoms with van der Waals surface area (Å²) in [6.45, 7) is 4.09. The number of halogens is 2. The Morgan fingerprint density at radius 1 is 1.11 bits per heavy atom. The third-order valence-corrected chi connectivity index (χ3v) is 3.33. The first-order chi connectivity index (χ1) is 8.95. The molecule has 19 heavy (non-hydrogen) atoms. The second-order valence-electron chi connectivity index (χ2n) is 4.97. The molecule has 0 heterocycles. The first kappa shape index (κ1) is 14.0. The van der Waals surface area contributed by atoms with Gasteiger partial charge in [-0.1, -0.05) is 40.9 Å². The summed E-state index contributed by atoms with van der Waals surface area (Å²) < 4.78 is 13.7. The third-order valence-electron chi connectivity index (χ3n) is 3.09. The van der Waals surface area contributed by atoms with E-state index in [0.29, 0.717) is 17.0 Å². The van der Waals surface area contributed by atoms with Gasteiger partial charge in [-0.3, -0.25) is 0 Å². The van der Waals surface area contributed by atoms with E-state index < -0.39 is 0 Å². The first-order valence-electron chi connectivity index (χ1n) is 6.23. The molecule has 0 aliphatic heterocycles. The highest BCUT2D eigenvalue weighted by atomic mass is 35.5. The predicted molar refractivity (Wildman–Crippen MR) is 78.0 cm³/mol. The molecule has 0 saturated heterocycles. The highest BCUT2D eigenvalue weighted by Gasteiger charge is 2.13. The maximum absolute atomic E-state index is 13.7. The van der Waals surface area contributed by atoms with Crippen LogP contribution in [0.15, 0.2) is 36.4 Å². The molecule has 1 atom stereocenters. The van der Waals surface area contributed by atoms with Crippen molar-refractivity contribution in [3.05, 3.63) is 69.5 Å². The van der Waals surface area contributed by atoms with Crippen LogP contribution >= 0.6 is 11.6 Å². The van der Waals surface area contributed by atoms with Crippen LogP contribution < -0.4 is 5.73 Å². The van der Waals surface area contributed by atoms with E-state index >= 15 is 0 Å². The van der Waals surface area contributed by atoms with Crippen LogP contribution in [0.3, 0.4) is 0 Å². The SMILES string of the molecule is Cc1cc(C)cc(CC(N)c2cc(Cl)ccc2F)c1. The average molecular weight is 278 g/mol. The molecule has 1 nitrogen and oxygen atoms in total. The fourth-order valence-corrected chi connectivity index (χ4v) is 2.53. The molecule has 0 aliphatic carbocycles. The Labute approximate surface area is 118 Å². The fourth-order valence-electron chi connectivity index (χ4n) is 2.35. The molecule has 1 unspecified atom stereocenters. The molecule has 3 heteroatoms. The molecule has 2 aromatic carbocycles. The summed E-state index contributed by atoms with van der Waals surface area (Å²) in [5, 5.41) is 0.507. The molecule has 0 aliphatic rings. The molecular weight excluding hydrogens is 261 g/mol. The number of hydrogen-bond donors (Lipinski definition) is 1. The molecule has 2 rings (SSSR count). The highest BCUT2D eigenvalue weighted by molar-refractivity contribution is 6.30. The van der Waals surface area contributed by atoms with Crippen LogP contribution in [0.5, 0.6) is 0 Å². The number of aryl methyl sites for hydroxylation is 2. The lowest BCUT2D eigenvalue weighted by molar-refractivity contribution is 0.580. The van der Waals surface area contributed by atoms with Crippen LogP contribution in [0.4, 0.5) is 4.39 Å². The third kappa shape index (κ3) is 3.55. The molecule has 0 fully saturated rings. The van der Waals surface area contributed by atoms with Gasteiger partial charge in [-0.05, 0) is 44.0 Å². The number of nitrogens with two attached hydrogens (primary N) is 1. The first-order valence-corrected chi connectivity index (χ1v) is 6.61. The van der Waals surface area contributed by atoms with Crippen molar-refractivity contribution in [1.82, 2.24) is 0 Å². The molecular formula is C16H17ClFN. The van der Waals surface area contributed by atoms with Crippen LogP contribution in [0, 0.1) is 19.7 Å². The van der Waals surface area contributed by atoms with Gasteiger partial charge < -0.3 is 5.73 Å². The van der Waals surface area contributed by atoms with Crippen LogP contribution in [0.25, 0.3) is 0 Å². The Balaban J connectivity index is 2.25. The van der Waals surface area contributed by atoms with E-state index in [9.17, 15) is 4.39 Å². The summed E-state index contributed by atoms with van der Waals surface area (Å²) in [7, 11) is 0. The Kier molecular flexibility index (Phi) is 4.23. The fraction of sp³-hybridized carbons (Fsp3) is 0.250. The summed E-state index contributed by atoms with van der Waals surface area (Å²) in [5.41, 5.74) is 10.1. The van der Waals surface area contributed by atoms with E-state index in [1.165, 1.54) is 23.3 Å². The lowest BCUT2D eigenvalue weighted by Gasteiger charge is -2.14. The van der Waals surface area contributed by atoms with Crippen molar-refractivity contribution in [3.63, 3.8) is 0 Å². The van der Waals surface area contributed by atoms with E-state index in [4.69, 9.17) is 17.3 Å². The normalized spacial score (nSPS) is 12.5. The average Bonchev–Trinajstić information content (AvgIpc) is 2.30. The standard InChI is InChI=1S/C16H17ClFN/c1-10-5-11(2)7-12(6-10)8-16(19)14-9-13(17)3-4-15(14)18/h3-7,9,16H,8,19H2,1-2H3. The monoisotopic (exact) mass is 277 g/mol. The van der Waals surface area contributed by atoms with Gasteiger partial charge >= 0.3 is 0 Å². The van der Waals surface area contributed by atoms with Crippen molar-refractivity contribution in [2.75, 3.05) is 0 Å². The zero-order chi connectivity index (χ0) is 14.0. The topological polar surface area (TPSA) is 26.0 Å². The Morgan fingerprint density at radius 3 is 2.37 bits per heavy atom. The minimum Gasteiger partial charge on any atom is -0.324 e. The molecule has 2 aromatic rings. The minimum absolute atomic E-state index is 0.304. The largest absolute Gasteiger partial charge is 0.324 e. The second-order valence-corrected chi connectivity index (χ2v) is 5.41. The van der Waals surface area contributed by atoms with Gasteiger partial charge in [-0.25, -0.2) is 4.39 Å². The van der Waals surface area contributed by atoms with Crippen molar-refractivity contribution < 1.29 is 4.39 Å². The molecule has 0 aromatic heterocycles. The highest BCUT2D eigenvalue weighted by Crippen LogP contribution is 2.23. The summed E-state index contributed by atoms with van der Waals surface area (Å²) in [4.78, 5) is 0. The van der Waals surface area contributed by atoms with Crippen LogP contribution in [-0.2, 0) is 6.42 Å². The van der Waals surface area contributed by atoms with Crippen LogP contribution in [0.1, 0.15) is 28.3 Å². The van der Waals surface area contributed by atoms with Crippen molar-refractivity contribution in [2.24, 2.45) is 5.73 Å². The lowest BCUT2D eigenvalue weighted by atomic mass is 9.97. The van der Waals surface area contributed by atoms with Gasteiger partial charge in [-0.2, -0.15) is 0 Å². The van der Waals surface area contributed by atoms with E-state index in [-0.39, 0.29) is 11.9 Å². The molecule has 0 amide bonds. The Hall–Kier alpha value is -1.38. The van der Waals surface area contributed by atoms with Gasteiger partial charge in [0, 0.05) is 16.6 Å². The zero-order valence-corrected chi connectivity index (χ0v) is 11.8. The Morgan fingerprint density at radius 2 is 1.74 bits per heavy atom. The van der Waals surface area contributed by atoms with Gasteiger partial charge in [-0.15, -0.1) is 0 Å². The molecule has 100 valence electrons. The van der Waals surface area contributed by atoms with E-state index in [1.807, 2.05) is 13.8 Å². The summed E-state index contributed by atoms with van der Waals surface area (Å²) in [6, 6.07) is 10.4. The van der Waals surface area contributed by atoms with E-state index in [2.05, 4.69) is 18.2 Å². The molecule has 0 bridgehead atoms. The number of hydrogen-bond acceptors (Lipinski definition) is 1. The zero-order valence-electron chi connectivity index (χ0n) is 11.1. The van der Waals surface area contributed by atoms with Crippen molar-refractivity contribution >= 4 is 11.6 Å². The maximum Gasteiger partial charge on any atom is 0.128 e. The van der Waals surface area contributed by atoms with Crippen molar-refractivity contribution in [1.29, 1.82) is 0 Å². The predicted octanol–water partition coefficient (Wildman–Crippen LogP) is 4.34. The molecule has 0 spiro atoms. The Bertz CT molecular complexity index is 575. The smallest absolute Gasteiger partial charge is 0.128 e. The summed E-state index contributed by atoms with van der Waals surface area (Å²) >= 11 is 5.89. The lowest BCUT2D eigenvalue weighted by Crippen LogP contribution is -2.15. The van der Waals surface area contributed by atoms with Crippen LogP contribution in [0.2, 0.25) is 5.02 Å². The van der Waals surface area contributed by atoms with Crippen LogP contribution in [-0.4, -0.2) is 0 Å².